The number of alkyl halides is 1. The van der Waals surface area contributed by atoms with Gasteiger partial charge in [0.2, 0.25) is 0 Å². The molecule has 1 aromatic carbocycles. The van der Waals surface area contributed by atoms with E-state index in [9.17, 15) is 0 Å². The zero-order valence-electron chi connectivity index (χ0n) is 5.80. The monoisotopic (exact) mass is 278 g/mol. The van der Waals surface area contributed by atoms with Crippen molar-refractivity contribution in [3.05, 3.63) is 34.3 Å². The van der Waals surface area contributed by atoms with E-state index in [-0.39, 0.29) is 0 Å². The largest absolute Gasteiger partial charge is 0.382 e. The number of rotatable bonds is 2. The summed E-state index contributed by atoms with van der Waals surface area (Å²) in [5.41, 5.74) is 1.12. The van der Waals surface area contributed by atoms with E-state index in [0.717, 1.165) is 10.0 Å². The van der Waals surface area contributed by atoms with Gasteiger partial charge in [-0.3, -0.25) is 0 Å². The standard InChI is InChI=1S/C8H8Br2O/c9-7-3-1-6(2-4-7)5-8(10)11/h1-4,8,11H,5H2/t8-/m1/s1. The highest BCUT2D eigenvalue weighted by Gasteiger charge is 1.98. The fourth-order valence-corrected chi connectivity index (χ4v) is 1.45. The van der Waals surface area contributed by atoms with Gasteiger partial charge in [-0.1, -0.05) is 44.0 Å². The molecule has 0 saturated heterocycles. The van der Waals surface area contributed by atoms with E-state index in [4.69, 9.17) is 5.11 Å². The fraction of sp³-hybridized carbons (Fsp3) is 0.250. The second-order valence-corrected chi connectivity index (χ2v) is 4.24. The van der Waals surface area contributed by atoms with Gasteiger partial charge in [0.05, 0.1) is 0 Å². The highest BCUT2D eigenvalue weighted by atomic mass is 79.9. The third-order valence-electron chi connectivity index (χ3n) is 1.32. The van der Waals surface area contributed by atoms with Gasteiger partial charge in [-0.05, 0) is 17.7 Å². The van der Waals surface area contributed by atoms with E-state index in [1.54, 1.807) is 0 Å². The second-order valence-electron chi connectivity index (χ2n) is 2.27. The van der Waals surface area contributed by atoms with E-state index >= 15 is 0 Å². The SMILES string of the molecule is O[C@@H](Br)Cc1ccc(Br)cc1. The van der Waals surface area contributed by atoms with Gasteiger partial charge in [0.25, 0.3) is 0 Å². The molecule has 0 spiro atoms. The first-order valence-corrected chi connectivity index (χ1v) is 4.96. The minimum absolute atomic E-state index is 0.441. The Morgan fingerprint density at radius 3 is 2.27 bits per heavy atom. The molecule has 1 nitrogen and oxygen atoms in total. The van der Waals surface area contributed by atoms with E-state index < -0.39 is 5.01 Å². The van der Waals surface area contributed by atoms with Crippen LogP contribution in [0, 0.1) is 0 Å². The van der Waals surface area contributed by atoms with Crippen molar-refractivity contribution in [3.8, 4) is 0 Å². The Morgan fingerprint density at radius 1 is 1.27 bits per heavy atom. The Kier molecular flexibility index (Phi) is 3.55. The maximum absolute atomic E-state index is 8.98. The predicted octanol–water partition coefficient (Wildman–Crippen LogP) is 2.70. The lowest BCUT2D eigenvalue weighted by Gasteiger charge is -2.01. The minimum atomic E-state index is -0.441. The topological polar surface area (TPSA) is 20.2 Å². The molecule has 1 atom stereocenters. The van der Waals surface area contributed by atoms with Crippen LogP contribution < -0.4 is 0 Å². The summed E-state index contributed by atoms with van der Waals surface area (Å²) in [6, 6.07) is 7.89. The number of benzene rings is 1. The molecule has 0 unspecified atom stereocenters. The van der Waals surface area contributed by atoms with Crippen molar-refractivity contribution in [2.24, 2.45) is 0 Å². The molecule has 0 saturated carbocycles. The van der Waals surface area contributed by atoms with E-state index in [1.807, 2.05) is 24.3 Å². The van der Waals surface area contributed by atoms with E-state index in [2.05, 4.69) is 31.9 Å². The van der Waals surface area contributed by atoms with Gasteiger partial charge in [-0.25, -0.2) is 0 Å². The first-order chi connectivity index (χ1) is 5.18. The predicted molar refractivity (Wildman–Crippen MR) is 52.8 cm³/mol. The molecular weight excluding hydrogens is 272 g/mol. The minimum Gasteiger partial charge on any atom is -0.382 e. The molecule has 3 heteroatoms. The molecule has 0 amide bonds. The molecule has 0 radical (unpaired) electrons. The van der Waals surface area contributed by atoms with Crippen LogP contribution >= 0.6 is 31.9 Å². The Morgan fingerprint density at radius 2 is 1.82 bits per heavy atom. The van der Waals surface area contributed by atoms with Crippen LogP contribution in [-0.2, 0) is 6.42 Å². The lowest BCUT2D eigenvalue weighted by atomic mass is 10.2. The van der Waals surface area contributed by atoms with Gasteiger partial charge < -0.3 is 5.11 Å². The first-order valence-electron chi connectivity index (χ1n) is 3.25. The Balaban J connectivity index is 2.66. The van der Waals surface area contributed by atoms with Crippen molar-refractivity contribution in [1.29, 1.82) is 0 Å². The second kappa shape index (κ2) is 4.24. The van der Waals surface area contributed by atoms with Crippen molar-refractivity contribution >= 4 is 31.9 Å². The van der Waals surface area contributed by atoms with E-state index in [0.29, 0.717) is 6.42 Å². The van der Waals surface area contributed by atoms with Crippen LogP contribution in [0.2, 0.25) is 0 Å². The average molecular weight is 280 g/mol. The quantitative estimate of drug-likeness (QED) is 0.826. The van der Waals surface area contributed by atoms with Crippen LogP contribution in [0.25, 0.3) is 0 Å². The lowest BCUT2D eigenvalue weighted by Crippen LogP contribution is -1.99. The summed E-state index contributed by atoms with van der Waals surface area (Å²) in [6.45, 7) is 0. The van der Waals surface area contributed by atoms with Crippen LogP contribution in [0.1, 0.15) is 5.56 Å². The average Bonchev–Trinajstić information content (AvgIpc) is 1.93. The number of hydrogen-bond donors (Lipinski definition) is 1. The zero-order valence-corrected chi connectivity index (χ0v) is 8.97. The molecule has 11 heavy (non-hydrogen) atoms. The maximum atomic E-state index is 8.98. The third-order valence-corrected chi connectivity index (χ3v) is 2.17. The Labute approximate surface area is 82.7 Å². The van der Waals surface area contributed by atoms with Crippen molar-refractivity contribution < 1.29 is 5.11 Å². The molecule has 0 heterocycles. The molecule has 0 aromatic heterocycles. The van der Waals surface area contributed by atoms with Crippen molar-refractivity contribution in [2.45, 2.75) is 11.4 Å². The van der Waals surface area contributed by atoms with Gasteiger partial charge in [-0.2, -0.15) is 0 Å². The summed E-state index contributed by atoms with van der Waals surface area (Å²) >= 11 is 6.41. The molecule has 0 aliphatic heterocycles. The fourth-order valence-electron chi connectivity index (χ4n) is 0.815. The molecule has 0 bridgehead atoms. The van der Waals surface area contributed by atoms with Crippen LogP contribution in [0.3, 0.4) is 0 Å². The van der Waals surface area contributed by atoms with E-state index in [1.165, 1.54) is 0 Å². The Bertz CT molecular complexity index is 218. The summed E-state index contributed by atoms with van der Waals surface area (Å²) in [5, 5.41) is 8.54. The third kappa shape index (κ3) is 3.36. The first kappa shape index (κ1) is 9.23. The highest BCUT2D eigenvalue weighted by Crippen LogP contribution is 2.13. The molecule has 0 fully saturated rings. The van der Waals surface area contributed by atoms with Crippen LogP contribution in [-0.4, -0.2) is 10.1 Å². The normalized spacial score (nSPS) is 13.0. The number of halogens is 2. The summed E-state index contributed by atoms with van der Waals surface area (Å²) in [5.74, 6) is 0. The molecule has 0 aliphatic carbocycles. The van der Waals surface area contributed by atoms with Gasteiger partial charge >= 0.3 is 0 Å². The van der Waals surface area contributed by atoms with Crippen LogP contribution in [0.4, 0.5) is 0 Å². The highest BCUT2D eigenvalue weighted by molar-refractivity contribution is 9.10. The molecule has 1 aromatic rings. The molecule has 0 aliphatic rings. The molecular formula is C8H8Br2O. The van der Waals surface area contributed by atoms with Gasteiger partial charge in [0.1, 0.15) is 5.01 Å². The van der Waals surface area contributed by atoms with Crippen LogP contribution in [0.5, 0.6) is 0 Å². The van der Waals surface area contributed by atoms with Crippen molar-refractivity contribution in [3.63, 3.8) is 0 Å². The molecule has 1 N–H and O–H groups in total. The summed E-state index contributed by atoms with van der Waals surface area (Å²) in [4.78, 5) is 0. The summed E-state index contributed by atoms with van der Waals surface area (Å²) in [6.07, 6.45) is 0.646. The van der Waals surface area contributed by atoms with Crippen molar-refractivity contribution in [2.75, 3.05) is 0 Å². The Hall–Kier alpha value is 0.140. The molecule has 60 valence electrons. The molecule has 1 rings (SSSR count). The van der Waals surface area contributed by atoms with Gasteiger partial charge in [0.15, 0.2) is 0 Å². The summed E-state index contributed by atoms with van der Waals surface area (Å²) in [7, 11) is 0. The maximum Gasteiger partial charge on any atom is 0.113 e. The number of hydrogen-bond acceptors (Lipinski definition) is 1. The van der Waals surface area contributed by atoms with Gasteiger partial charge in [-0.15, -0.1) is 0 Å². The summed E-state index contributed by atoms with van der Waals surface area (Å²) < 4.78 is 1.06. The zero-order chi connectivity index (χ0) is 8.27. The lowest BCUT2D eigenvalue weighted by molar-refractivity contribution is 0.271. The van der Waals surface area contributed by atoms with Crippen LogP contribution in [0.15, 0.2) is 28.7 Å². The smallest absolute Gasteiger partial charge is 0.113 e. The number of aliphatic hydroxyl groups excluding tert-OH is 1. The van der Waals surface area contributed by atoms with Gasteiger partial charge in [0, 0.05) is 10.9 Å². The van der Waals surface area contributed by atoms with Crippen molar-refractivity contribution in [1.82, 2.24) is 0 Å². The number of aliphatic hydroxyl groups is 1.